The maximum Gasteiger partial charge on any atom is 1.00 e. The van der Waals surface area contributed by atoms with Crippen LogP contribution >= 0.6 is 23.5 Å². The molecular formula is C10H17LiS2. The van der Waals surface area contributed by atoms with E-state index in [4.69, 9.17) is 0 Å². The van der Waals surface area contributed by atoms with Crippen molar-refractivity contribution in [3.05, 3.63) is 4.58 Å². The minimum atomic E-state index is 0. The van der Waals surface area contributed by atoms with E-state index in [1.807, 2.05) is 0 Å². The molecule has 3 heteroatoms. The van der Waals surface area contributed by atoms with E-state index in [0.717, 1.165) is 5.92 Å². The molecule has 0 radical (unpaired) electrons. The molecule has 0 aromatic carbocycles. The zero-order valence-corrected chi connectivity index (χ0v) is 10.2. The molecule has 0 N–H and O–H groups in total. The van der Waals surface area contributed by atoms with Crippen molar-refractivity contribution in [3.63, 3.8) is 0 Å². The van der Waals surface area contributed by atoms with Crippen molar-refractivity contribution < 1.29 is 18.9 Å². The Morgan fingerprint density at radius 2 is 1.46 bits per heavy atom. The minimum absolute atomic E-state index is 0. The second kappa shape index (κ2) is 6.72. The number of hydrogen-bond acceptors (Lipinski definition) is 2. The van der Waals surface area contributed by atoms with Crippen LogP contribution in [0.4, 0.5) is 0 Å². The van der Waals surface area contributed by atoms with Crippen molar-refractivity contribution >= 4 is 23.5 Å². The van der Waals surface area contributed by atoms with E-state index in [0.29, 0.717) is 0 Å². The SMILES string of the molecule is C1CCC([C-]2SCCCS2)CC1.[Li+]. The van der Waals surface area contributed by atoms with Gasteiger partial charge in [-0.1, -0.05) is 32.1 Å². The molecular weight excluding hydrogens is 191 g/mol. The van der Waals surface area contributed by atoms with Crippen LogP contribution in [0.5, 0.6) is 0 Å². The Morgan fingerprint density at radius 3 is 2.08 bits per heavy atom. The van der Waals surface area contributed by atoms with Gasteiger partial charge in [0.25, 0.3) is 0 Å². The first kappa shape index (κ1) is 12.4. The molecule has 1 saturated carbocycles. The predicted octanol–water partition coefficient (Wildman–Crippen LogP) is 0.930. The molecule has 1 heterocycles. The molecule has 0 nitrogen and oxygen atoms in total. The molecule has 2 aliphatic rings. The van der Waals surface area contributed by atoms with Gasteiger partial charge < -0.3 is 23.5 Å². The Morgan fingerprint density at radius 1 is 0.846 bits per heavy atom. The van der Waals surface area contributed by atoms with E-state index < -0.39 is 0 Å². The van der Waals surface area contributed by atoms with Crippen molar-refractivity contribution in [1.82, 2.24) is 0 Å². The Hall–Kier alpha value is 1.30. The summed E-state index contributed by atoms with van der Waals surface area (Å²) >= 11 is 4.30. The molecule has 1 saturated heterocycles. The van der Waals surface area contributed by atoms with Crippen molar-refractivity contribution in [3.8, 4) is 0 Å². The Bertz CT molecular complexity index is 113. The molecule has 2 fully saturated rings. The Balaban J connectivity index is 0.000000845. The van der Waals surface area contributed by atoms with Crippen LogP contribution in [0, 0.1) is 10.5 Å². The zero-order chi connectivity index (χ0) is 8.23. The molecule has 0 aromatic rings. The molecule has 1 aliphatic carbocycles. The summed E-state index contributed by atoms with van der Waals surface area (Å²) in [6.45, 7) is 0. The maximum absolute atomic E-state index is 2.15. The largest absolute Gasteiger partial charge is 1.00 e. The molecule has 0 atom stereocenters. The van der Waals surface area contributed by atoms with Crippen LogP contribution in [-0.4, -0.2) is 11.5 Å². The van der Waals surface area contributed by atoms with E-state index in [-0.39, 0.29) is 18.9 Å². The van der Waals surface area contributed by atoms with Crippen LogP contribution in [0.15, 0.2) is 0 Å². The van der Waals surface area contributed by atoms with Gasteiger partial charge >= 0.3 is 18.9 Å². The molecule has 0 bridgehead atoms. The first-order chi connectivity index (χ1) is 5.97. The van der Waals surface area contributed by atoms with Crippen LogP contribution in [0.25, 0.3) is 0 Å². The van der Waals surface area contributed by atoms with Gasteiger partial charge in [0.1, 0.15) is 0 Å². The third-order valence-electron chi connectivity index (χ3n) is 2.72. The topological polar surface area (TPSA) is 0 Å². The molecule has 2 rings (SSSR count). The third-order valence-corrected chi connectivity index (χ3v) is 5.64. The minimum Gasteiger partial charge on any atom is -0.337 e. The van der Waals surface area contributed by atoms with Gasteiger partial charge in [0, 0.05) is 0 Å². The van der Waals surface area contributed by atoms with Crippen molar-refractivity contribution in [2.24, 2.45) is 5.92 Å². The predicted molar refractivity (Wildman–Crippen MR) is 59.4 cm³/mol. The average Bonchev–Trinajstić information content (AvgIpc) is 2.21. The summed E-state index contributed by atoms with van der Waals surface area (Å²) in [5, 5.41) is 0. The summed E-state index contributed by atoms with van der Waals surface area (Å²) in [5.41, 5.74) is 0. The molecule has 0 aromatic heterocycles. The fourth-order valence-corrected chi connectivity index (χ4v) is 4.96. The van der Waals surface area contributed by atoms with Gasteiger partial charge in [-0.3, -0.25) is 0 Å². The number of thioether (sulfide) groups is 2. The second-order valence-electron chi connectivity index (χ2n) is 3.70. The summed E-state index contributed by atoms with van der Waals surface area (Å²) in [4.78, 5) is 0. The van der Waals surface area contributed by atoms with Crippen LogP contribution in [0.2, 0.25) is 0 Å². The monoisotopic (exact) mass is 208 g/mol. The van der Waals surface area contributed by atoms with E-state index in [9.17, 15) is 0 Å². The molecule has 1 aliphatic heterocycles. The molecule has 13 heavy (non-hydrogen) atoms. The molecule has 0 unspecified atom stereocenters. The smallest absolute Gasteiger partial charge is 0.337 e. The van der Waals surface area contributed by atoms with Crippen LogP contribution in [0.1, 0.15) is 38.5 Å². The van der Waals surface area contributed by atoms with E-state index in [2.05, 4.69) is 23.5 Å². The van der Waals surface area contributed by atoms with Gasteiger partial charge in [0.2, 0.25) is 0 Å². The first-order valence-electron chi connectivity index (χ1n) is 5.09. The van der Waals surface area contributed by atoms with Gasteiger partial charge in [-0.2, -0.15) is 0 Å². The van der Waals surface area contributed by atoms with Crippen molar-refractivity contribution in [2.45, 2.75) is 38.5 Å². The van der Waals surface area contributed by atoms with Crippen LogP contribution < -0.4 is 18.9 Å². The fraction of sp³-hybridized carbons (Fsp3) is 0.900. The van der Waals surface area contributed by atoms with Gasteiger partial charge in [0.05, 0.1) is 0 Å². The molecule has 0 amide bonds. The van der Waals surface area contributed by atoms with E-state index in [1.165, 1.54) is 50.0 Å². The van der Waals surface area contributed by atoms with Gasteiger partial charge in [-0.15, -0.1) is 5.92 Å². The first-order valence-corrected chi connectivity index (χ1v) is 7.06. The van der Waals surface area contributed by atoms with E-state index in [1.54, 1.807) is 4.58 Å². The standard InChI is InChI=1S/C10H17S2.Li/c1-2-5-9(6-3-1)10-11-7-4-8-12-10;/h9H,1-8H2;/q-1;+1. The summed E-state index contributed by atoms with van der Waals surface area (Å²) < 4.78 is 1.78. The van der Waals surface area contributed by atoms with Crippen LogP contribution in [-0.2, 0) is 0 Å². The van der Waals surface area contributed by atoms with Crippen molar-refractivity contribution in [1.29, 1.82) is 0 Å². The van der Waals surface area contributed by atoms with Gasteiger partial charge in [-0.05, 0) is 17.9 Å². The third kappa shape index (κ3) is 3.74. The quantitative estimate of drug-likeness (QED) is 0.464. The Kier molecular flexibility index (Phi) is 6.39. The average molecular weight is 208 g/mol. The maximum atomic E-state index is 2.15. The summed E-state index contributed by atoms with van der Waals surface area (Å²) in [7, 11) is 0. The van der Waals surface area contributed by atoms with Gasteiger partial charge in [-0.25, -0.2) is 4.58 Å². The molecule has 0 spiro atoms. The normalized spacial score (nSPS) is 26.8. The van der Waals surface area contributed by atoms with Gasteiger partial charge in [0.15, 0.2) is 0 Å². The number of rotatable bonds is 1. The number of hydrogen-bond donors (Lipinski definition) is 0. The van der Waals surface area contributed by atoms with Crippen LogP contribution in [0.3, 0.4) is 0 Å². The second-order valence-corrected chi connectivity index (χ2v) is 6.24. The van der Waals surface area contributed by atoms with E-state index >= 15 is 0 Å². The Labute approximate surface area is 103 Å². The summed E-state index contributed by atoms with van der Waals surface area (Å²) in [6, 6.07) is 0. The fourth-order valence-electron chi connectivity index (χ4n) is 2.02. The zero-order valence-electron chi connectivity index (χ0n) is 8.55. The molecule has 70 valence electrons. The summed E-state index contributed by atoms with van der Waals surface area (Å²) in [5.74, 6) is 3.76. The summed E-state index contributed by atoms with van der Waals surface area (Å²) in [6.07, 6.45) is 8.83. The van der Waals surface area contributed by atoms with Crippen molar-refractivity contribution in [2.75, 3.05) is 11.5 Å².